The smallest absolute Gasteiger partial charge is 0.325 e. The van der Waals surface area contributed by atoms with Crippen LogP contribution in [0, 0.1) is 5.92 Å². The van der Waals surface area contributed by atoms with E-state index in [1.807, 2.05) is 4.90 Å². The van der Waals surface area contributed by atoms with Crippen LogP contribution in [0.4, 0.5) is 11.6 Å². The number of carboxylic acids is 1. The highest BCUT2D eigenvalue weighted by atomic mass is 32.2. The molecule has 2 rings (SSSR count). The minimum absolute atomic E-state index is 0.0714. The first-order valence-corrected chi connectivity index (χ1v) is 8.62. The average molecular weight is 316 g/mol. The number of rotatable bonds is 4. The predicted molar refractivity (Wildman–Crippen MR) is 78.0 cm³/mol. The van der Waals surface area contributed by atoms with Gasteiger partial charge < -0.3 is 15.7 Å². The SMILES string of the molecule is CC1CCCN(c2nn(CC(=O)O)c(N)c2S(C)(=O)=O)C1. The van der Waals surface area contributed by atoms with Crippen LogP contribution in [-0.4, -0.2) is 48.6 Å². The Labute approximate surface area is 123 Å². The first kappa shape index (κ1) is 15.6. The highest BCUT2D eigenvalue weighted by Crippen LogP contribution is 2.32. The number of hydrogen-bond donors (Lipinski definition) is 2. The van der Waals surface area contributed by atoms with E-state index < -0.39 is 22.4 Å². The second-order valence-electron chi connectivity index (χ2n) is 5.55. The third kappa shape index (κ3) is 3.29. The number of aliphatic carboxylic acids is 1. The molecule has 1 unspecified atom stereocenters. The molecule has 118 valence electrons. The average Bonchev–Trinajstić information content (AvgIpc) is 2.66. The zero-order valence-corrected chi connectivity index (χ0v) is 12.9. The molecule has 1 fully saturated rings. The lowest BCUT2D eigenvalue weighted by atomic mass is 10.0. The summed E-state index contributed by atoms with van der Waals surface area (Å²) in [5, 5.41) is 13.0. The molecule has 0 spiro atoms. The van der Waals surface area contributed by atoms with Gasteiger partial charge in [0.05, 0.1) is 0 Å². The molecule has 1 aromatic heterocycles. The molecule has 1 saturated heterocycles. The number of carboxylic acid groups (broad SMARTS) is 1. The summed E-state index contributed by atoms with van der Waals surface area (Å²) in [6, 6.07) is 0. The van der Waals surface area contributed by atoms with E-state index >= 15 is 0 Å². The normalized spacial score (nSPS) is 19.7. The van der Waals surface area contributed by atoms with Crippen LogP contribution in [0.3, 0.4) is 0 Å². The lowest BCUT2D eigenvalue weighted by molar-refractivity contribution is -0.137. The Hall–Kier alpha value is -1.77. The minimum atomic E-state index is -3.59. The number of nitrogens with zero attached hydrogens (tertiary/aromatic N) is 3. The molecule has 2 heterocycles. The van der Waals surface area contributed by atoms with Crippen LogP contribution >= 0.6 is 0 Å². The van der Waals surface area contributed by atoms with Gasteiger partial charge in [-0.3, -0.25) is 4.79 Å². The third-order valence-corrected chi connectivity index (χ3v) is 4.67. The number of hydrogen-bond acceptors (Lipinski definition) is 6. The van der Waals surface area contributed by atoms with Crippen LogP contribution in [-0.2, 0) is 21.2 Å². The maximum Gasteiger partial charge on any atom is 0.325 e. The quantitative estimate of drug-likeness (QED) is 0.813. The second-order valence-corrected chi connectivity index (χ2v) is 7.51. The van der Waals surface area contributed by atoms with Crippen molar-refractivity contribution in [2.24, 2.45) is 5.92 Å². The Morgan fingerprint density at radius 2 is 2.19 bits per heavy atom. The van der Waals surface area contributed by atoms with Gasteiger partial charge in [0.15, 0.2) is 20.6 Å². The fraction of sp³-hybridized carbons (Fsp3) is 0.667. The van der Waals surface area contributed by atoms with Crippen LogP contribution in [0.5, 0.6) is 0 Å². The van der Waals surface area contributed by atoms with Gasteiger partial charge in [0.1, 0.15) is 12.4 Å². The van der Waals surface area contributed by atoms with Gasteiger partial charge in [-0.1, -0.05) is 6.92 Å². The Morgan fingerprint density at radius 1 is 1.52 bits per heavy atom. The van der Waals surface area contributed by atoms with E-state index in [0.29, 0.717) is 19.0 Å². The monoisotopic (exact) mass is 316 g/mol. The van der Waals surface area contributed by atoms with Gasteiger partial charge in [0.25, 0.3) is 0 Å². The van der Waals surface area contributed by atoms with Gasteiger partial charge >= 0.3 is 5.97 Å². The van der Waals surface area contributed by atoms with Crippen molar-refractivity contribution >= 4 is 27.4 Å². The highest BCUT2D eigenvalue weighted by molar-refractivity contribution is 7.91. The number of anilines is 2. The standard InChI is InChI=1S/C12H20N4O4S/c1-8-4-3-5-15(6-8)12-10(21(2,19)20)11(13)16(14-12)7-9(17)18/h8H,3-7,13H2,1-2H3,(H,17,18). The molecule has 0 radical (unpaired) electrons. The largest absolute Gasteiger partial charge is 0.480 e. The van der Waals surface area contributed by atoms with Gasteiger partial charge in [0.2, 0.25) is 0 Å². The van der Waals surface area contributed by atoms with Crippen LogP contribution in [0.25, 0.3) is 0 Å². The molecule has 21 heavy (non-hydrogen) atoms. The van der Waals surface area contributed by atoms with Crippen molar-refractivity contribution in [1.82, 2.24) is 9.78 Å². The number of carbonyl (C=O) groups is 1. The van der Waals surface area contributed by atoms with Gasteiger partial charge in [-0.05, 0) is 18.8 Å². The van der Waals surface area contributed by atoms with E-state index in [9.17, 15) is 13.2 Å². The maximum absolute atomic E-state index is 12.0. The first-order chi connectivity index (χ1) is 9.70. The molecule has 9 heteroatoms. The van der Waals surface area contributed by atoms with E-state index in [0.717, 1.165) is 23.8 Å². The Morgan fingerprint density at radius 3 is 2.71 bits per heavy atom. The molecule has 1 aromatic rings. The molecule has 1 atom stereocenters. The molecular weight excluding hydrogens is 296 g/mol. The zero-order chi connectivity index (χ0) is 15.8. The van der Waals surface area contributed by atoms with Gasteiger partial charge in [-0.25, -0.2) is 13.1 Å². The minimum Gasteiger partial charge on any atom is -0.480 e. The van der Waals surface area contributed by atoms with Crippen molar-refractivity contribution in [2.75, 3.05) is 30.0 Å². The van der Waals surface area contributed by atoms with Crippen molar-refractivity contribution < 1.29 is 18.3 Å². The van der Waals surface area contributed by atoms with Crippen LogP contribution in [0.1, 0.15) is 19.8 Å². The number of nitrogen functional groups attached to an aromatic ring is 1. The summed E-state index contributed by atoms with van der Waals surface area (Å²) < 4.78 is 25.0. The molecule has 0 amide bonds. The molecule has 3 N–H and O–H groups in total. The third-order valence-electron chi connectivity index (χ3n) is 3.54. The van der Waals surface area contributed by atoms with Gasteiger partial charge in [0, 0.05) is 19.3 Å². The molecule has 1 aliphatic heterocycles. The Kier molecular flexibility index (Phi) is 4.13. The lowest BCUT2D eigenvalue weighted by Crippen LogP contribution is -2.35. The van der Waals surface area contributed by atoms with E-state index in [1.54, 1.807) is 0 Å². The summed E-state index contributed by atoms with van der Waals surface area (Å²) in [6.07, 6.45) is 3.08. The Balaban J connectivity index is 2.50. The summed E-state index contributed by atoms with van der Waals surface area (Å²) in [6.45, 7) is 3.00. The van der Waals surface area contributed by atoms with Crippen molar-refractivity contribution in [3.05, 3.63) is 0 Å². The van der Waals surface area contributed by atoms with Gasteiger partial charge in [-0.2, -0.15) is 5.10 Å². The topological polar surface area (TPSA) is 119 Å². The molecule has 8 nitrogen and oxygen atoms in total. The van der Waals surface area contributed by atoms with Crippen LogP contribution in [0.15, 0.2) is 4.90 Å². The fourth-order valence-electron chi connectivity index (χ4n) is 2.64. The molecule has 0 saturated carbocycles. The van der Waals surface area contributed by atoms with E-state index in [-0.39, 0.29) is 16.5 Å². The summed E-state index contributed by atoms with van der Waals surface area (Å²) in [5.41, 5.74) is 5.81. The molecule has 1 aliphatic rings. The number of nitrogens with two attached hydrogens (primary N) is 1. The van der Waals surface area contributed by atoms with Crippen molar-refractivity contribution in [2.45, 2.75) is 31.2 Å². The first-order valence-electron chi connectivity index (χ1n) is 6.73. The highest BCUT2D eigenvalue weighted by Gasteiger charge is 2.30. The van der Waals surface area contributed by atoms with E-state index in [2.05, 4.69) is 12.0 Å². The van der Waals surface area contributed by atoms with Gasteiger partial charge in [-0.15, -0.1) is 0 Å². The van der Waals surface area contributed by atoms with Crippen LogP contribution < -0.4 is 10.6 Å². The zero-order valence-electron chi connectivity index (χ0n) is 12.1. The van der Waals surface area contributed by atoms with Crippen molar-refractivity contribution in [3.63, 3.8) is 0 Å². The van der Waals surface area contributed by atoms with Crippen molar-refractivity contribution in [3.8, 4) is 0 Å². The van der Waals surface area contributed by atoms with Crippen molar-refractivity contribution in [1.29, 1.82) is 0 Å². The summed E-state index contributed by atoms with van der Waals surface area (Å²) in [7, 11) is -3.59. The lowest BCUT2D eigenvalue weighted by Gasteiger charge is -2.31. The summed E-state index contributed by atoms with van der Waals surface area (Å²) in [5.74, 6) is -0.546. The summed E-state index contributed by atoms with van der Waals surface area (Å²) >= 11 is 0. The number of aromatic nitrogens is 2. The van der Waals surface area contributed by atoms with Crippen LogP contribution in [0.2, 0.25) is 0 Å². The molecular formula is C12H20N4O4S. The fourth-order valence-corrected chi connectivity index (χ4v) is 3.63. The molecule has 0 aromatic carbocycles. The molecule has 0 aliphatic carbocycles. The molecule has 0 bridgehead atoms. The second kappa shape index (κ2) is 5.55. The van der Waals surface area contributed by atoms with E-state index in [4.69, 9.17) is 10.8 Å². The number of sulfone groups is 1. The maximum atomic E-state index is 12.0. The number of piperidine rings is 1. The van der Waals surface area contributed by atoms with E-state index in [1.165, 1.54) is 0 Å². The summed E-state index contributed by atoms with van der Waals surface area (Å²) in [4.78, 5) is 12.6. The predicted octanol–water partition coefficient (Wildman–Crippen LogP) is 0.190. The Bertz CT molecular complexity index is 652.